The normalized spacial score (nSPS) is 12.8. The summed E-state index contributed by atoms with van der Waals surface area (Å²) in [5.41, 5.74) is 0.0437. The number of aromatic amines is 1. The van der Waals surface area contributed by atoms with Crippen molar-refractivity contribution in [3.63, 3.8) is 0 Å². The molecule has 3 aromatic rings. The van der Waals surface area contributed by atoms with Crippen molar-refractivity contribution in [2.45, 2.75) is 12.7 Å². The van der Waals surface area contributed by atoms with Crippen molar-refractivity contribution in [3.05, 3.63) is 58.7 Å². The number of imidazole rings is 1. The molecular weight excluding hydrogens is 345 g/mol. The maximum Gasteiger partial charge on any atom is 0.406 e. The van der Waals surface area contributed by atoms with Gasteiger partial charge in [-0.1, -0.05) is 23.7 Å². The van der Waals surface area contributed by atoms with Gasteiger partial charge in [0, 0.05) is 18.5 Å². The first-order valence-electron chi connectivity index (χ1n) is 6.78. The highest BCUT2D eigenvalue weighted by molar-refractivity contribution is 6.50. The van der Waals surface area contributed by atoms with Gasteiger partial charge in [0.25, 0.3) is 5.56 Å². The van der Waals surface area contributed by atoms with Crippen LogP contribution in [0.4, 0.5) is 13.2 Å². The van der Waals surface area contributed by atoms with Crippen molar-refractivity contribution < 1.29 is 13.2 Å². The number of nitrogens with one attached hydrogen (secondary N) is 1. The van der Waals surface area contributed by atoms with Gasteiger partial charge in [0.2, 0.25) is 0 Å². The number of nitrogens with zero attached hydrogens (tertiary/aromatic N) is 3. The maximum absolute atomic E-state index is 12.5. The number of benzene rings is 1. The van der Waals surface area contributed by atoms with Crippen LogP contribution in [0.5, 0.6) is 0 Å². The predicted molar refractivity (Wildman–Crippen MR) is 84.4 cm³/mol. The third-order valence-corrected chi connectivity index (χ3v) is 3.48. The zero-order chi connectivity index (χ0) is 17.3. The second-order valence-corrected chi connectivity index (χ2v) is 5.36. The lowest BCUT2D eigenvalue weighted by atomic mass is 10.2. The van der Waals surface area contributed by atoms with Crippen molar-refractivity contribution in [2.24, 2.45) is 0 Å². The lowest BCUT2D eigenvalue weighted by Crippen LogP contribution is -2.18. The van der Waals surface area contributed by atoms with Crippen LogP contribution in [-0.4, -0.2) is 25.7 Å². The molecule has 2 aromatic heterocycles. The summed E-state index contributed by atoms with van der Waals surface area (Å²) in [5, 5.41) is 0.372. The van der Waals surface area contributed by atoms with Crippen molar-refractivity contribution in [1.29, 1.82) is 0 Å². The molecule has 0 unspecified atom stereocenters. The van der Waals surface area contributed by atoms with Crippen LogP contribution in [0.1, 0.15) is 11.6 Å². The second-order valence-electron chi connectivity index (χ2n) is 4.95. The number of para-hydroxylation sites is 1. The molecule has 24 heavy (non-hydrogen) atoms. The molecule has 9 heteroatoms. The molecule has 1 aromatic carbocycles. The van der Waals surface area contributed by atoms with E-state index in [9.17, 15) is 18.0 Å². The average molecular weight is 355 g/mol. The first-order chi connectivity index (χ1) is 11.3. The number of hydrogen-bond acceptors (Lipinski definition) is 3. The lowest BCUT2D eigenvalue weighted by Gasteiger charge is -2.09. The summed E-state index contributed by atoms with van der Waals surface area (Å²) < 4.78 is 38.5. The number of aromatic nitrogens is 4. The van der Waals surface area contributed by atoms with E-state index in [4.69, 9.17) is 11.6 Å². The van der Waals surface area contributed by atoms with Crippen LogP contribution in [0.3, 0.4) is 0 Å². The standard InChI is InChI=1S/C15H10ClF3N4O/c16-10(7-12-20-5-6-23(12)8-15(17,18)19)13-21-11-4-2-1-3-9(11)14(24)22-13/h1-7H,8H2,(H,21,22,24)/b10-7+. The van der Waals surface area contributed by atoms with Crippen LogP contribution in [-0.2, 0) is 6.54 Å². The van der Waals surface area contributed by atoms with Crippen LogP contribution in [0, 0.1) is 0 Å². The average Bonchev–Trinajstić information content (AvgIpc) is 2.92. The Balaban J connectivity index is 2.01. The van der Waals surface area contributed by atoms with Crippen molar-refractivity contribution in [3.8, 4) is 0 Å². The number of alkyl halides is 3. The Bertz CT molecular complexity index is 974. The predicted octanol–water partition coefficient (Wildman–Crippen LogP) is 3.42. The van der Waals surface area contributed by atoms with E-state index < -0.39 is 12.7 Å². The van der Waals surface area contributed by atoms with Gasteiger partial charge in [-0.05, 0) is 12.1 Å². The lowest BCUT2D eigenvalue weighted by molar-refractivity contribution is -0.140. The smallest absolute Gasteiger partial charge is 0.322 e. The first-order valence-corrected chi connectivity index (χ1v) is 7.16. The van der Waals surface area contributed by atoms with E-state index in [1.54, 1.807) is 24.3 Å². The van der Waals surface area contributed by atoms with Gasteiger partial charge in [-0.15, -0.1) is 0 Å². The molecule has 124 valence electrons. The van der Waals surface area contributed by atoms with Gasteiger partial charge in [-0.25, -0.2) is 9.97 Å². The van der Waals surface area contributed by atoms with Crippen molar-refractivity contribution >= 4 is 33.6 Å². The summed E-state index contributed by atoms with van der Waals surface area (Å²) in [6.45, 7) is -1.19. The van der Waals surface area contributed by atoms with Gasteiger partial charge in [0.1, 0.15) is 12.4 Å². The molecule has 0 radical (unpaired) electrons. The molecular formula is C15H10ClF3N4O. The monoisotopic (exact) mass is 354 g/mol. The molecule has 0 saturated heterocycles. The fourth-order valence-corrected chi connectivity index (χ4v) is 2.36. The van der Waals surface area contributed by atoms with Gasteiger partial charge in [-0.3, -0.25) is 4.79 Å². The summed E-state index contributed by atoms with van der Waals surface area (Å²) in [6, 6.07) is 6.66. The van der Waals surface area contributed by atoms with Gasteiger partial charge in [0.05, 0.1) is 15.9 Å². The second kappa shape index (κ2) is 6.12. The van der Waals surface area contributed by atoms with E-state index in [0.717, 1.165) is 4.57 Å². The largest absolute Gasteiger partial charge is 0.406 e. The third kappa shape index (κ3) is 3.48. The van der Waals surface area contributed by atoms with E-state index in [0.29, 0.717) is 10.9 Å². The molecule has 0 saturated carbocycles. The summed E-state index contributed by atoms with van der Waals surface area (Å²) >= 11 is 6.11. The summed E-state index contributed by atoms with van der Waals surface area (Å²) in [4.78, 5) is 22.6. The maximum atomic E-state index is 12.5. The first kappa shape index (κ1) is 16.3. The van der Waals surface area contributed by atoms with Crippen LogP contribution in [0.2, 0.25) is 0 Å². The van der Waals surface area contributed by atoms with Crippen LogP contribution < -0.4 is 5.56 Å². The third-order valence-electron chi connectivity index (χ3n) is 3.19. The van der Waals surface area contributed by atoms with E-state index >= 15 is 0 Å². The molecule has 0 fully saturated rings. The number of hydrogen-bond donors (Lipinski definition) is 1. The van der Waals surface area contributed by atoms with Gasteiger partial charge in [-0.2, -0.15) is 13.2 Å². The Labute approximate surface area is 138 Å². The minimum absolute atomic E-state index is 0.00753. The Morgan fingerprint density at radius 2 is 2.08 bits per heavy atom. The van der Waals surface area contributed by atoms with E-state index in [2.05, 4.69) is 15.0 Å². The fraction of sp³-hybridized carbons (Fsp3) is 0.133. The number of rotatable bonds is 3. The SMILES string of the molecule is O=c1[nH]c(/C(Cl)=C\c2nccn2CC(F)(F)F)nc2ccccc12. The molecule has 2 heterocycles. The van der Waals surface area contributed by atoms with E-state index in [1.165, 1.54) is 18.5 Å². The topological polar surface area (TPSA) is 63.6 Å². The highest BCUT2D eigenvalue weighted by Crippen LogP contribution is 2.22. The molecule has 0 aliphatic carbocycles. The highest BCUT2D eigenvalue weighted by Gasteiger charge is 2.28. The number of fused-ring (bicyclic) bond motifs is 1. The zero-order valence-corrected chi connectivity index (χ0v) is 12.8. The Morgan fingerprint density at radius 3 is 2.83 bits per heavy atom. The summed E-state index contributed by atoms with van der Waals surface area (Å²) in [6.07, 6.45) is -0.732. The minimum atomic E-state index is -4.38. The quantitative estimate of drug-likeness (QED) is 0.784. The van der Waals surface area contributed by atoms with Gasteiger partial charge >= 0.3 is 6.18 Å². The zero-order valence-electron chi connectivity index (χ0n) is 12.0. The van der Waals surface area contributed by atoms with Crippen LogP contribution in [0.25, 0.3) is 22.0 Å². The number of H-pyrrole nitrogens is 1. The number of halogens is 4. The Hall–Kier alpha value is -2.61. The summed E-state index contributed by atoms with van der Waals surface area (Å²) in [5.74, 6) is 0.0649. The van der Waals surface area contributed by atoms with Crippen LogP contribution >= 0.6 is 11.6 Å². The van der Waals surface area contributed by atoms with Gasteiger partial charge < -0.3 is 9.55 Å². The fourth-order valence-electron chi connectivity index (χ4n) is 2.17. The van der Waals surface area contributed by atoms with E-state index in [-0.39, 0.29) is 22.2 Å². The van der Waals surface area contributed by atoms with Crippen LogP contribution in [0.15, 0.2) is 41.5 Å². The molecule has 0 aliphatic rings. The molecule has 1 N–H and O–H groups in total. The highest BCUT2D eigenvalue weighted by atomic mass is 35.5. The molecule has 0 atom stereocenters. The minimum Gasteiger partial charge on any atom is -0.322 e. The van der Waals surface area contributed by atoms with Crippen molar-refractivity contribution in [2.75, 3.05) is 0 Å². The molecule has 0 bridgehead atoms. The molecule has 0 amide bonds. The van der Waals surface area contributed by atoms with Crippen molar-refractivity contribution in [1.82, 2.24) is 19.5 Å². The van der Waals surface area contributed by atoms with Gasteiger partial charge in [0.15, 0.2) is 5.82 Å². The molecule has 0 aliphatic heterocycles. The van der Waals surface area contributed by atoms with E-state index in [1.807, 2.05) is 0 Å². The Morgan fingerprint density at radius 1 is 1.33 bits per heavy atom. The molecule has 3 rings (SSSR count). The molecule has 0 spiro atoms. The molecule has 5 nitrogen and oxygen atoms in total. The summed E-state index contributed by atoms with van der Waals surface area (Å²) in [7, 11) is 0. The Kier molecular flexibility index (Phi) is 4.15.